The molecule has 60 valence electrons. The van der Waals surface area contributed by atoms with E-state index in [1.165, 1.54) is 11.5 Å². The molecule has 1 aromatic rings. The van der Waals surface area contributed by atoms with Crippen LogP contribution in [0, 0.1) is 0 Å². The van der Waals surface area contributed by atoms with E-state index in [2.05, 4.69) is 27.9 Å². The molecular weight excluding hydrogens is 158 g/mol. The van der Waals surface area contributed by atoms with Gasteiger partial charge in [-0.05, 0) is 31.6 Å². The monoisotopic (exact) mass is 169 g/mol. The van der Waals surface area contributed by atoms with Crippen molar-refractivity contribution in [1.82, 2.24) is 14.9 Å². The number of hydrogen-bond acceptors (Lipinski definition) is 4. The molecule has 11 heavy (non-hydrogen) atoms. The number of nitrogens with one attached hydrogen (secondary N) is 1. The molecule has 0 aliphatic rings. The van der Waals surface area contributed by atoms with Gasteiger partial charge >= 0.3 is 0 Å². The Balaban J connectivity index is 2.48. The zero-order valence-corrected chi connectivity index (χ0v) is 7.43. The predicted octanol–water partition coefficient (Wildman–Crippen LogP) is 1.16. The van der Waals surface area contributed by atoms with Crippen LogP contribution in [-0.4, -0.2) is 22.7 Å². The summed E-state index contributed by atoms with van der Waals surface area (Å²) >= 11 is 1.37. The van der Waals surface area contributed by atoms with Crippen LogP contribution in [0.4, 0.5) is 0 Å². The zero-order chi connectivity index (χ0) is 8.10. The summed E-state index contributed by atoms with van der Waals surface area (Å²) in [5.41, 5.74) is 0.928. The molecule has 0 fully saturated rings. The highest BCUT2D eigenvalue weighted by Crippen LogP contribution is 1.99. The maximum atomic E-state index is 3.88. The van der Waals surface area contributed by atoms with E-state index in [1.54, 1.807) is 0 Å². The van der Waals surface area contributed by atoms with Crippen LogP contribution in [0.15, 0.2) is 11.5 Å². The third kappa shape index (κ3) is 2.78. The topological polar surface area (TPSA) is 37.8 Å². The quantitative estimate of drug-likeness (QED) is 0.737. The van der Waals surface area contributed by atoms with Crippen LogP contribution in [0.25, 0.3) is 6.08 Å². The van der Waals surface area contributed by atoms with Crippen LogP contribution in [0.5, 0.6) is 0 Å². The van der Waals surface area contributed by atoms with Crippen LogP contribution < -0.4 is 5.32 Å². The Morgan fingerprint density at radius 3 is 3.09 bits per heavy atom. The summed E-state index contributed by atoms with van der Waals surface area (Å²) in [6, 6.07) is 0.386. The van der Waals surface area contributed by atoms with E-state index in [4.69, 9.17) is 0 Å². The number of hydrogen-bond donors (Lipinski definition) is 1. The fourth-order valence-corrected chi connectivity index (χ4v) is 1.01. The molecule has 0 spiro atoms. The SMILES string of the molecule is CNC(C)/C=C/c1csnn1. The molecule has 1 N–H and O–H groups in total. The van der Waals surface area contributed by atoms with Gasteiger partial charge in [0.15, 0.2) is 0 Å². The fraction of sp³-hybridized carbons (Fsp3) is 0.429. The Morgan fingerprint density at radius 2 is 2.55 bits per heavy atom. The van der Waals surface area contributed by atoms with Crippen LogP contribution in [0.1, 0.15) is 12.6 Å². The normalized spacial score (nSPS) is 14.0. The van der Waals surface area contributed by atoms with E-state index < -0.39 is 0 Å². The Kier molecular flexibility index (Phi) is 3.19. The molecule has 0 aliphatic carbocycles. The van der Waals surface area contributed by atoms with Crippen LogP contribution in [-0.2, 0) is 0 Å². The molecule has 0 saturated carbocycles. The molecule has 3 nitrogen and oxygen atoms in total. The van der Waals surface area contributed by atoms with Gasteiger partial charge in [0.2, 0.25) is 0 Å². The van der Waals surface area contributed by atoms with Gasteiger partial charge in [0, 0.05) is 11.4 Å². The van der Waals surface area contributed by atoms with Gasteiger partial charge in [0.05, 0.1) is 5.69 Å². The highest BCUT2D eigenvalue weighted by molar-refractivity contribution is 7.03. The molecule has 0 radical (unpaired) electrons. The first-order chi connectivity index (χ1) is 5.33. The molecule has 0 saturated heterocycles. The van der Waals surface area contributed by atoms with E-state index in [0.717, 1.165) is 5.69 Å². The van der Waals surface area contributed by atoms with Gasteiger partial charge in [-0.1, -0.05) is 10.6 Å². The molecule has 1 atom stereocenters. The highest BCUT2D eigenvalue weighted by Gasteiger charge is 1.91. The van der Waals surface area contributed by atoms with Gasteiger partial charge in [0.25, 0.3) is 0 Å². The Bertz CT molecular complexity index is 218. The zero-order valence-electron chi connectivity index (χ0n) is 6.61. The molecule has 4 heteroatoms. The fourth-order valence-electron chi connectivity index (χ4n) is 0.584. The number of nitrogens with zero attached hydrogens (tertiary/aromatic N) is 2. The van der Waals surface area contributed by atoms with Gasteiger partial charge in [-0.3, -0.25) is 0 Å². The first-order valence-electron chi connectivity index (χ1n) is 3.45. The standard InChI is InChI=1S/C7H11N3S/c1-6(8-2)3-4-7-5-11-10-9-7/h3-6,8H,1-2H3/b4-3+. The van der Waals surface area contributed by atoms with E-state index >= 15 is 0 Å². The minimum Gasteiger partial charge on any atom is -0.314 e. The average Bonchev–Trinajstić information content (AvgIpc) is 2.52. The van der Waals surface area contributed by atoms with Crippen molar-refractivity contribution in [2.75, 3.05) is 7.05 Å². The van der Waals surface area contributed by atoms with Crippen LogP contribution in [0.2, 0.25) is 0 Å². The number of aromatic nitrogens is 2. The van der Waals surface area contributed by atoms with Crippen molar-refractivity contribution in [3.05, 3.63) is 17.2 Å². The molecule has 0 amide bonds. The number of rotatable bonds is 3. The first-order valence-corrected chi connectivity index (χ1v) is 4.29. The average molecular weight is 169 g/mol. The van der Waals surface area contributed by atoms with Crippen molar-refractivity contribution in [2.45, 2.75) is 13.0 Å². The lowest BCUT2D eigenvalue weighted by Crippen LogP contribution is -2.17. The van der Waals surface area contributed by atoms with E-state index in [-0.39, 0.29) is 0 Å². The smallest absolute Gasteiger partial charge is 0.0979 e. The summed E-state index contributed by atoms with van der Waals surface area (Å²) in [6.45, 7) is 2.08. The van der Waals surface area contributed by atoms with Gasteiger partial charge in [0.1, 0.15) is 0 Å². The summed E-state index contributed by atoms with van der Waals surface area (Å²) in [5, 5.41) is 8.89. The predicted molar refractivity (Wildman–Crippen MR) is 47.5 cm³/mol. The second kappa shape index (κ2) is 4.20. The van der Waals surface area contributed by atoms with Gasteiger partial charge in [-0.25, -0.2) is 0 Å². The van der Waals surface area contributed by atoms with Crippen LogP contribution >= 0.6 is 11.5 Å². The van der Waals surface area contributed by atoms with Crippen molar-refractivity contribution < 1.29 is 0 Å². The van der Waals surface area contributed by atoms with Gasteiger partial charge in [-0.2, -0.15) is 0 Å². The third-order valence-corrected chi connectivity index (χ3v) is 1.91. The van der Waals surface area contributed by atoms with E-state index in [0.29, 0.717) is 6.04 Å². The molecular formula is C7H11N3S. The first kappa shape index (κ1) is 8.36. The Morgan fingerprint density at radius 1 is 1.73 bits per heavy atom. The van der Waals surface area contributed by atoms with Gasteiger partial charge < -0.3 is 5.32 Å². The summed E-state index contributed by atoms with van der Waals surface area (Å²) < 4.78 is 3.75. The second-order valence-corrected chi connectivity index (χ2v) is 2.88. The minimum atomic E-state index is 0.386. The second-order valence-electron chi connectivity index (χ2n) is 2.27. The van der Waals surface area contributed by atoms with Gasteiger partial charge in [-0.15, -0.1) is 5.10 Å². The molecule has 1 aromatic heterocycles. The van der Waals surface area contributed by atoms with E-state index in [1.807, 2.05) is 18.5 Å². The largest absolute Gasteiger partial charge is 0.314 e. The van der Waals surface area contributed by atoms with Crippen molar-refractivity contribution in [1.29, 1.82) is 0 Å². The summed E-state index contributed by atoms with van der Waals surface area (Å²) in [7, 11) is 1.92. The maximum absolute atomic E-state index is 3.88. The highest BCUT2D eigenvalue weighted by atomic mass is 32.1. The molecule has 1 rings (SSSR count). The molecule has 0 aromatic carbocycles. The molecule has 0 bridgehead atoms. The third-order valence-electron chi connectivity index (χ3n) is 1.39. The summed E-state index contributed by atoms with van der Waals surface area (Å²) in [6.07, 6.45) is 4.02. The van der Waals surface area contributed by atoms with Crippen molar-refractivity contribution in [3.63, 3.8) is 0 Å². The lowest BCUT2D eigenvalue weighted by Gasteiger charge is -2.00. The van der Waals surface area contributed by atoms with Crippen LogP contribution in [0.3, 0.4) is 0 Å². The lowest BCUT2D eigenvalue weighted by atomic mass is 10.3. The molecule has 1 unspecified atom stereocenters. The maximum Gasteiger partial charge on any atom is 0.0979 e. The Hall–Kier alpha value is -0.740. The lowest BCUT2D eigenvalue weighted by molar-refractivity contribution is 0.731. The van der Waals surface area contributed by atoms with Crippen molar-refractivity contribution >= 4 is 17.6 Å². The number of likely N-dealkylation sites (N-methyl/N-ethyl adjacent to an activating group) is 1. The molecule has 0 aliphatic heterocycles. The summed E-state index contributed by atoms with van der Waals surface area (Å²) in [5.74, 6) is 0. The van der Waals surface area contributed by atoms with Crippen molar-refractivity contribution in [3.8, 4) is 0 Å². The minimum absolute atomic E-state index is 0.386. The molecule has 1 heterocycles. The van der Waals surface area contributed by atoms with Crippen molar-refractivity contribution in [2.24, 2.45) is 0 Å². The van der Waals surface area contributed by atoms with E-state index in [9.17, 15) is 0 Å². The summed E-state index contributed by atoms with van der Waals surface area (Å²) in [4.78, 5) is 0. The Labute approximate surface area is 70.3 Å².